The molecule has 3 aromatic rings. The molecule has 0 amide bonds. The summed E-state index contributed by atoms with van der Waals surface area (Å²) in [6, 6.07) is 18.6. The Hall–Kier alpha value is -3.62. The number of rotatable bonds is 4. The molecule has 134 valence electrons. The largest absolute Gasteiger partial charge is 0.480 e. The first-order valence-electron chi connectivity index (χ1n) is 8.41. The third-order valence-electron chi connectivity index (χ3n) is 4.17. The second-order valence-corrected chi connectivity index (χ2v) is 6.20. The van der Waals surface area contributed by atoms with Gasteiger partial charge in [0.05, 0.1) is 6.21 Å². The molecule has 0 aliphatic carbocycles. The Balaban J connectivity index is 1.76. The van der Waals surface area contributed by atoms with Gasteiger partial charge in [-0.05, 0) is 58.7 Å². The van der Waals surface area contributed by atoms with Gasteiger partial charge in [-0.3, -0.25) is 4.79 Å². The number of carboxylic acids is 1. The van der Waals surface area contributed by atoms with Crippen molar-refractivity contribution in [3.05, 3.63) is 82.9 Å². The summed E-state index contributed by atoms with van der Waals surface area (Å²) in [5.74, 6) is 10.5. The molecule has 5 heteroatoms. The number of carboxylic acid groups (broad SMARTS) is 1. The molecule has 0 aliphatic rings. The van der Waals surface area contributed by atoms with Crippen molar-refractivity contribution in [3.8, 4) is 11.8 Å². The van der Waals surface area contributed by atoms with Crippen molar-refractivity contribution in [1.82, 2.24) is 0 Å². The van der Waals surface area contributed by atoms with E-state index < -0.39 is 12.0 Å². The summed E-state index contributed by atoms with van der Waals surface area (Å²) in [6.45, 7) is 0. The van der Waals surface area contributed by atoms with Crippen LogP contribution in [0.3, 0.4) is 0 Å². The third-order valence-corrected chi connectivity index (χ3v) is 4.17. The number of carbonyl (C=O) groups is 1. The van der Waals surface area contributed by atoms with Crippen molar-refractivity contribution in [2.24, 2.45) is 16.7 Å². The molecule has 1 unspecified atom stereocenters. The molecule has 27 heavy (non-hydrogen) atoms. The maximum Gasteiger partial charge on any atom is 0.320 e. The zero-order valence-electron chi connectivity index (χ0n) is 14.6. The van der Waals surface area contributed by atoms with Crippen LogP contribution in [0.1, 0.15) is 22.3 Å². The van der Waals surface area contributed by atoms with E-state index in [-0.39, 0.29) is 0 Å². The maximum atomic E-state index is 10.8. The van der Waals surface area contributed by atoms with Gasteiger partial charge in [0.2, 0.25) is 0 Å². The summed E-state index contributed by atoms with van der Waals surface area (Å²) in [6.07, 6.45) is 1.91. The quantitative estimate of drug-likeness (QED) is 0.289. The molecule has 0 aliphatic heterocycles. The first kappa shape index (κ1) is 18.2. The molecule has 0 heterocycles. The third kappa shape index (κ3) is 4.72. The van der Waals surface area contributed by atoms with Crippen molar-refractivity contribution < 1.29 is 9.90 Å². The summed E-state index contributed by atoms with van der Waals surface area (Å²) in [7, 11) is 0. The van der Waals surface area contributed by atoms with Gasteiger partial charge in [0.25, 0.3) is 0 Å². The molecule has 5 N–H and O–H groups in total. The van der Waals surface area contributed by atoms with Crippen LogP contribution in [-0.4, -0.2) is 23.3 Å². The van der Waals surface area contributed by atoms with E-state index in [1.54, 1.807) is 6.21 Å². The topological polar surface area (TPSA) is 102 Å². The highest BCUT2D eigenvalue weighted by molar-refractivity contribution is 5.91. The maximum absolute atomic E-state index is 10.8. The van der Waals surface area contributed by atoms with Gasteiger partial charge >= 0.3 is 5.97 Å². The van der Waals surface area contributed by atoms with Gasteiger partial charge < -0.3 is 16.7 Å². The van der Waals surface area contributed by atoms with Crippen LogP contribution in [0, 0.1) is 11.8 Å². The second kappa shape index (κ2) is 8.17. The number of hydrazone groups is 1. The summed E-state index contributed by atoms with van der Waals surface area (Å²) < 4.78 is 0. The van der Waals surface area contributed by atoms with Gasteiger partial charge in [-0.25, -0.2) is 0 Å². The van der Waals surface area contributed by atoms with Crippen molar-refractivity contribution >= 4 is 23.0 Å². The molecular formula is C22H19N3O2. The van der Waals surface area contributed by atoms with Crippen molar-refractivity contribution in [3.63, 3.8) is 0 Å². The Labute approximate surface area is 157 Å². The molecule has 0 saturated heterocycles. The van der Waals surface area contributed by atoms with Crippen LogP contribution in [0.25, 0.3) is 10.8 Å². The predicted molar refractivity (Wildman–Crippen MR) is 107 cm³/mol. The lowest BCUT2D eigenvalue weighted by Crippen LogP contribution is -2.32. The van der Waals surface area contributed by atoms with Crippen LogP contribution in [0.15, 0.2) is 65.8 Å². The monoisotopic (exact) mass is 357 g/mol. The lowest BCUT2D eigenvalue weighted by Gasteiger charge is -2.05. The van der Waals surface area contributed by atoms with Crippen LogP contribution in [0.4, 0.5) is 0 Å². The van der Waals surface area contributed by atoms with E-state index in [2.05, 4.69) is 16.9 Å². The van der Waals surface area contributed by atoms with E-state index in [1.807, 2.05) is 60.7 Å². The minimum Gasteiger partial charge on any atom is -0.480 e. The molecule has 3 rings (SSSR count). The number of hydrogen-bond donors (Lipinski definition) is 3. The van der Waals surface area contributed by atoms with Crippen LogP contribution in [0.2, 0.25) is 0 Å². The number of aliphatic carboxylic acids is 1. The molecule has 0 bridgehead atoms. The molecule has 0 fully saturated rings. The average Bonchev–Trinajstić information content (AvgIpc) is 2.67. The van der Waals surface area contributed by atoms with Crippen molar-refractivity contribution in [2.75, 3.05) is 0 Å². The van der Waals surface area contributed by atoms with E-state index in [4.69, 9.17) is 16.7 Å². The molecule has 0 radical (unpaired) electrons. The molecule has 0 saturated carbocycles. The van der Waals surface area contributed by atoms with Gasteiger partial charge in [-0.1, -0.05) is 42.2 Å². The Morgan fingerprint density at radius 1 is 1.00 bits per heavy atom. The van der Waals surface area contributed by atoms with E-state index >= 15 is 0 Å². The van der Waals surface area contributed by atoms with Gasteiger partial charge in [-0.15, -0.1) is 0 Å². The number of benzene rings is 3. The number of nitrogens with two attached hydrogens (primary N) is 2. The van der Waals surface area contributed by atoms with E-state index in [9.17, 15) is 4.79 Å². The minimum absolute atomic E-state index is 0.296. The highest BCUT2D eigenvalue weighted by Gasteiger charge is 2.11. The first-order valence-corrected chi connectivity index (χ1v) is 8.41. The lowest BCUT2D eigenvalue weighted by molar-refractivity contribution is -0.138. The zero-order chi connectivity index (χ0) is 19.2. The fourth-order valence-corrected chi connectivity index (χ4v) is 2.72. The normalized spacial score (nSPS) is 11.9. The summed E-state index contributed by atoms with van der Waals surface area (Å²) in [4.78, 5) is 10.8. The SMILES string of the molecule is N/N=C/c1ccc2cc(C#Cc3ccc(CC(N)C(=O)O)cc3)ccc2c1. The molecule has 1 atom stereocenters. The van der Waals surface area contributed by atoms with Crippen LogP contribution < -0.4 is 11.6 Å². The standard InChI is InChI=1S/C22H19N3O2/c23-21(22(26)27)13-17-5-2-15(3-6-17)1-4-16-7-9-20-12-18(14-25-24)8-10-19(20)11-16/h2-3,5-12,14,21H,13,23-24H2,(H,26,27)/b25-14+. The fraction of sp³-hybridized carbons (Fsp3) is 0.0909. The number of fused-ring (bicyclic) bond motifs is 1. The minimum atomic E-state index is -1.00. The highest BCUT2D eigenvalue weighted by Crippen LogP contribution is 2.17. The number of hydrogen-bond acceptors (Lipinski definition) is 4. The molecule has 5 nitrogen and oxygen atoms in total. The summed E-state index contributed by atoms with van der Waals surface area (Å²) in [5.41, 5.74) is 9.15. The molecular weight excluding hydrogens is 338 g/mol. The first-order chi connectivity index (χ1) is 13.0. The Kier molecular flexibility index (Phi) is 5.50. The van der Waals surface area contributed by atoms with Crippen LogP contribution in [0.5, 0.6) is 0 Å². The summed E-state index contributed by atoms with van der Waals surface area (Å²) in [5, 5.41) is 14.6. The van der Waals surface area contributed by atoms with E-state index in [1.165, 1.54) is 0 Å². The lowest BCUT2D eigenvalue weighted by atomic mass is 10.0. The average molecular weight is 357 g/mol. The van der Waals surface area contributed by atoms with Gasteiger partial charge in [0, 0.05) is 11.1 Å². The Bertz CT molecular complexity index is 1060. The predicted octanol–water partition coefficient (Wildman–Crippen LogP) is 2.49. The molecule has 0 spiro atoms. The zero-order valence-corrected chi connectivity index (χ0v) is 14.6. The van der Waals surface area contributed by atoms with Gasteiger partial charge in [0.1, 0.15) is 6.04 Å². The van der Waals surface area contributed by atoms with Gasteiger partial charge in [0.15, 0.2) is 0 Å². The molecule has 0 aromatic heterocycles. The van der Waals surface area contributed by atoms with Gasteiger partial charge in [-0.2, -0.15) is 5.10 Å². The van der Waals surface area contributed by atoms with Crippen LogP contribution in [-0.2, 0) is 11.2 Å². The fourth-order valence-electron chi connectivity index (χ4n) is 2.72. The highest BCUT2D eigenvalue weighted by atomic mass is 16.4. The summed E-state index contributed by atoms with van der Waals surface area (Å²) >= 11 is 0. The molecule has 3 aromatic carbocycles. The van der Waals surface area contributed by atoms with Crippen molar-refractivity contribution in [2.45, 2.75) is 12.5 Å². The van der Waals surface area contributed by atoms with Crippen LogP contribution >= 0.6 is 0 Å². The number of nitrogens with zero attached hydrogens (tertiary/aromatic N) is 1. The van der Waals surface area contributed by atoms with E-state index in [0.29, 0.717) is 6.42 Å². The second-order valence-electron chi connectivity index (χ2n) is 6.20. The Morgan fingerprint density at radius 2 is 1.63 bits per heavy atom. The smallest absolute Gasteiger partial charge is 0.320 e. The Morgan fingerprint density at radius 3 is 2.33 bits per heavy atom. The van der Waals surface area contributed by atoms with Crippen molar-refractivity contribution in [1.29, 1.82) is 0 Å². The van der Waals surface area contributed by atoms with E-state index in [0.717, 1.165) is 33.0 Å².